The molecule has 0 atom stereocenters. The highest BCUT2D eigenvalue weighted by molar-refractivity contribution is 7.85. The summed E-state index contributed by atoms with van der Waals surface area (Å²) in [5.74, 6) is 0.277. The van der Waals surface area contributed by atoms with Crippen LogP contribution in [0.1, 0.15) is 32.1 Å². The molecule has 0 heterocycles. The van der Waals surface area contributed by atoms with E-state index in [1.165, 1.54) is 19.3 Å². The molecule has 0 amide bonds. The molecule has 76 valence electrons. The minimum Gasteiger partial charge on any atom is -0.285 e. The van der Waals surface area contributed by atoms with Crippen LogP contribution < -0.4 is 0 Å². The minimum atomic E-state index is -3.81. The van der Waals surface area contributed by atoms with E-state index in [9.17, 15) is 8.42 Å². The molecule has 4 heteroatoms. The van der Waals surface area contributed by atoms with Gasteiger partial charge in [-0.1, -0.05) is 31.4 Å². The van der Waals surface area contributed by atoms with Crippen molar-refractivity contribution < 1.29 is 13.0 Å². The van der Waals surface area contributed by atoms with Crippen LogP contribution in [0.4, 0.5) is 0 Å². The predicted octanol–water partition coefficient (Wildman–Crippen LogP) is 2.01. The summed E-state index contributed by atoms with van der Waals surface area (Å²) in [6.07, 6.45) is 9.56. The quantitative estimate of drug-likeness (QED) is 0.565. The largest absolute Gasteiger partial charge is 0.285 e. The van der Waals surface area contributed by atoms with E-state index in [1.54, 1.807) is 6.08 Å². The van der Waals surface area contributed by atoms with Gasteiger partial charge < -0.3 is 0 Å². The Morgan fingerprint density at radius 3 is 2.38 bits per heavy atom. The van der Waals surface area contributed by atoms with Crippen molar-refractivity contribution in [2.45, 2.75) is 32.1 Å². The van der Waals surface area contributed by atoms with Gasteiger partial charge >= 0.3 is 0 Å². The molecule has 0 aromatic carbocycles. The van der Waals surface area contributed by atoms with Gasteiger partial charge in [-0.15, -0.1) is 0 Å². The summed E-state index contributed by atoms with van der Waals surface area (Å²) in [4.78, 5) is 0. The Morgan fingerprint density at radius 2 is 1.85 bits per heavy atom. The SMILES string of the molecule is O=S(=O)(O)C/C=C/C1CCCCC1. The van der Waals surface area contributed by atoms with Crippen LogP contribution in [0, 0.1) is 5.92 Å². The molecule has 0 aliphatic heterocycles. The van der Waals surface area contributed by atoms with Crippen molar-refractivity contribution in [2.75, 3.05) is 5.75 Å². The lowest BCUT2D eigenvalue weighted by atomic mass is 9.89. The molecule has 1 rings (SSSR count). The van der Waals surface area contributed by atoms with E-state index in [-0.39, 0.29) is 5.75 Å². The van der Waals surface area contributed by atoms with E-state index in [1.807, 2.05) is 6.08 Å². The van der Waals surface area contributed by atoms with Crippen molar-refractivity contribution in [1.82, 2.24) is 0 Å². The molecule has 0 saturated heterocycles. The molecule has 1 saturated carbocycles. The van der Waals surface area contributed by atoms with Gasteiger partial charge in [0.15, 0.2) is 0 Å². The van der Waals surface area contributed by atoms with Gasteiger partial charge in [-0.3, -0.25) is 4.55 Å². The first-order chi connectivity index (χ1) is 6.08. The van der Waals surface area contributed by atoms with Crippen LogP contribution in [0.25, 0.3) is 0 Å². The van der Waals surface area contributed by atoms with Crippen LogP contribution in [-0.4, -0.2) is 18.7 Å². The van der Waals surface area contributed by atoms with Gasteiger partial charge in [0, 0.05) is 0 Å². The summed E-state index contributed by atoms with van der Waals surface area (Å²) >= 11 is 0. The van der Waals surface area contributed by atoms with Crippen molar-refractivity contribution in [3.63, 3.8) is 0 Å². The highest BCUT2D eigenvalue weighted by Crippen LogP contribution is 2.24. The number of allylic oxidation sites excluding steroid dienone is 1. The van der Waals surface area contributed by atoms with E-state index in [4.69, 9.17) is 4.55 Å². The van der Waals surface area contributed by atoms with Crippen LogP contribution in [-0.2, 0) is 10.1 Å². The minimum absolute atomic E-state index is 0.247. The second-order valence-corrected chi connectivity index (χ2v) is 5.07. The molecule has 1 fully saturated rings. The zero-order valence-corrected chi connectivity index (χ0v) is 8.46. The van der Waals surface area contributed by atoms with Gasteiger partial charge in [-0.25, -0.2) is 0 Å². The lowest BCUT2D eigenvalue weighted by Crippen LogP contribution is -2.05. The number of rotatable bonds is 3. The fraction of sp³-hybridized carbons (Fsp3) is 0.778. The smallest absolute Gasteiger partial charge is 0.268 e. The normalized spacial score (nSPS) is 21.0. The predicted molar refractivity (Wildman–Crippen MR) is 52.1 cm³/mol. The molecule has 1 aliphatic carbocycles. The summed E-state index contributed by atoms with van der Waals surface area (Å²) < 4.78 is 29.2. The van der Waals surface area contributed by atoms with E-state index < -0.39 is 10.1 Å². The van der Waals surface area contributed by atoms with Crippen LogP contribution in [0.3, 0.4) is 0 Å². The monoisotopic (exact) mass is 204 g/mol. The third-order valence-corrected chi connectivity index (χ3v) is 2.98. The van der Waals surface area contributed by atoms with Crippen molar-refractivity contribution in [3.8, 4) is 0 Å². The Morgan fingerprint density at radius 1 is 1.23 bits per heavy atom. The average molecular weight is 204 g/mol. The maximum atomic E-state index is 10.4. The third kappa shape index (κ3) is 5.05. The van der Waals surface area contributed by atoms with Gasteiger partial charge in [0.2, 0.25) is 0 Å². The zero-order valence-electron chi connectivity index (χ0n) is 7.65. The van der Waals surface area contributed by atoms with E-state index in [2.05, 4.69) is 0 Å². The molecule has 0 spiro atoms. The van der Waals surface area contributed by atoms with Crippen molar-refractivity contribution in [3.05, 3.63) is 12.2 Å². The highest BCUT2D eigenvalue weighted by atomic mass is 32.2. The number of hydrogen-bond donors (Lipinski definition) is 1. The first-order valence-corrected chi connectivity index (χ1v) is 6.31. The third-order valence-electron chi connectivity index (χ3n) is 2.36. The maximum absolute atomic E-state index is 10.4. The second-order valence-electron chi connectivity index (χ2n) is 3.57. The summed E-state index contributed by atoms with van der Waals surface area (Å²) in [5.41, 5.74) is 0. The van der Waals surface area contributed by atoms with Gasteiger partial charge in [0.1, 0.15) is 0 Å². The average Bonchev–Trinajstić information content (AvgIpc) is 2.04. The lowest BCUT2D eigenvalue weighted by molar-refractivity contribution is 0.419. The van der Waals surface area contributed by atoms with Crippen LogP contribution in [0.5, 0.6) is 0 Å². The van der Waals surface area contributed by atoms with Crippen LogP contribution >= 0.6 is 0 Å². The standard InChI is InChI=1S/C9H16O3S/c10-13(11,12)8-4-7-9-5-2-1-3-6-9/h4,7,9H,1-3,5-6,8H2,(H,10,11,12)/b7-4+. The molecule has 1 N–H and O–H groups in total. The summed E-state index contributed by atoms with van der Waals surface area (Å²) in [7, 11) is -3.81. The van der Waals surface area contributed by atoms with Gasteiger partial charge in [-0.05, 0) is 18.8 Å². The lowest BCUT2D eigenvalue weighted by Gasteiger charge is -2.17. The molecule has 0 radical (unpaired) electrons. The Labute approximate surface area is 79.6 Å². The molecule has 13 heavy (non-hydrogen) atoms. The van der Waals surface area contributed by atoms with Crippen LogP contribution in [0.2, 0.25) is 0 Å². The zero-order chi connectivity index (χ0) is 9.73. The summed E-state index contributed by atoms with van der Waals surface area (Å²) in [5, 5.41) is 0. The Hall–Kier alpha value is -0.350. The first-order valence-electron chi connectivity index (χ1n) is 4.70. The van der Waals surface area contributed by atoms with Crippen molar-refractivity contribution >= 4 is 10.1 Å². The molecule has 0 bridgehead atoms. The van der Waals surface area contributed by atoms with Crippen LogP contribution in [0.15, 0.2) is 12.2 Å². The van der Waals surface area contributed by atoms with Gasteiger partial charge in [0.25, 0.3) is 10.1 Å². The Bertz CT molecular complexity index is 261. The van der Waals surface area contributed by atoms with Crippen molar-refractivity contribution in [1.29, 1.82) is 0 Å². The number of hydrogen-bond acceptors (Lipinski definition) is 2. The summed E-state index contributed by atoms with van der Waals surface area (Å²) in [6, 6.07) is 0. The second kappa shape index (κ2) is 4.77. The molecule has 0 unspecified atom stereocenters. The van der Waals surface area contributed by atoms with E-state index in [0.29, 0.717) is 5.92 Å². The molecule has 1 aliphatic rings. The fourth-order valence-electron chi connectivity index (χ4n) is 1.70. The molecular weight excluding hydrogens is 188 g/mol. The Balaban J connectivity index is 2.30. The van der Waals surface area contributed by atoms with E-state index >= 15 is 0 Å². The van der Waals surface area contributed by atoms with E-state index in [0.717, 1.165) is 12.8 Å². The maximum Gasteiger partial charge on any atom is 0.268 e. The van der Waals surface area contributed by atoms with Crippen molar-refractivity contribution in [2.24, 2.45) is 5.92 Å². The summed E-state index contributed by atoms with van der Waals surface area (Å²) in [6.45, 7) is 0. The molecule has 3 nitrogen and oxygen atoms in total. The molecule has 0 aromatic heterocycles. The molecular formula is C9H16O3S. The van der Waals surface area contributed by atoms with Gasteiger partial charge in [-0.2, -0.15) is 8.42 Å². The fourth-order valence-corrected chi connectivity index (χ4v) is 2.05. The first kappa shape index (κ1) is 10.7. The topological polar surface area (TPSA) is 54.4 Å². The molecule has 0 aromatic rings. The van der Waals surface area contributed by atoms with Gasteiger partial charge in [0.05, 0.1) is 5.75 Å². The Kier molecular flexibility index (Phi) is 3.93. The highest BCUT2D eigenvalue weighted by Gasteiger charge is 2.10.